The van der Waals surface area contributed by atoms with Gasteiger partial charge in [0.15, 0.2) is 0 Å². The predicted molar refractivity (Wildman–Crippen MR) is 116 cm³/mol. The number of aromatic nitrogens is 4. The molecule has 0 aliphatic rings. The van der Waals surface area contributed by atoms with E-state index in [1.807, 2.05) is 42.5 Å². The van der Waals surface area contributed by atoms with Gasteiger partial charge in [0.25, 0.3) is 0 Å². The lowest BCUT2D eigenvalue weighted by Gasteiger charge is -2.05. The van der Waals surface area contributed by atoms with Crippen LogP contribution in [0.5, 0.6) is 5.75 Å². The average Bonchev–Trinajstić information content (AvgIpc) is 3.40. The van der Waals surface area contributed by atoms with E-state index in [2.05, 4.69) is 47.2 Å². The van der Waals surface area contributed by atoms with Crippen LogP contribution in [0.4, 0.5) is 0 Å². The standard InChI is InChI=1S/C24H20N4O2/c1-14-5-4-6-15(2)21(14)22-25-19-12-9-17(13-20(19)26-22)24-28-27-23(30-24)16-7-10-18(29-3)11-8-16/h4-13H,1-3H3,(H,25,26). The summed E-state index contributed by atoms with van der Waals surface area (Å²) in [5.41, 5.74) is 7.02. The molecule has 30 heavy (non-hydrogen) atoms. The van der Waals surface area contributed by atoms with Crippen molar-refractivity contribution in [3.8, 4) is 40.0 Å². The molecule has 1 N–H and O–H groups in total. The largest absolute Gasteiger partial charge is 0.497 e. The molecule has 0 aliphatic carbocycles. The van der Waals surface area contributed by atoms with Crippen molar-refractivity contribution in [2.24, 2.45) is 0 Å². The molecule has 0 unspecified atom stereocenters. The van der Waals surface area contributed by atoms with Crippen LogP contribution in [0.1, 0.15) is 11.1 Å². The number of fused-ring (bicyclic) bond motifs is 1. The summed E-state index contributed by atoms with van der Waals surface area (Å²) in [5.74, 6) is 2.57. The van der Waals surface area contributed by atoms with Crippen molar-refractivity contribution in [2.45, 2.75) is 13.8 Å². The number of hydrogen-bond donors (Lipinski definition) is 1. The first-order valence-electron chi connectivity index (χ1n) is 9.67. The Morgan fingerprint density at radius 3 is 2.20 bits per heavy atom. The van der Waals surface area contributed by atoms with Crippen LogP contribution in [-0.2, 0) is 0 Å². The molecule has 2 heterocycles. The summed E-state index contributed by atoms with van der Waals surface area (Å²) in [4.78, 5) is 8.21. The first kappa shape index (κ1) is 18.1. The molecule has 3 aromatic carbocycles. The Labute approximate surface area is 173 Å². The van der Waals surface area contributed by atoms with E-state index in [9.17, 15) is 0 Å². The van der Waals surface area contributed by atoms with Crippen molar-refractivity contribution >= 4 is 11.0 Å². The molecule has 0 saturated heterocycles. The fraction of sp³-hybridized carbons (Fsp3) is 0.125. The fourth-order valence-electron chi connectivity index (χ4n) is 3.64. The summed E-state index contributed by atoms with van der Waals surface area (Å²) in [7, 11) is 1.64. The minimum absolute atomic E-state index is 0.464. The van der Waals surface area contributed by atoms with Gasteiger partial charge in [0.2, 0.25) is 11.8 Å². The predicted octanol–water partition coefficient (Wildman–Crippen LogP) is 5.57. The Morgan fingerprint density at radius 2 is 1.50 bits per heavy atom. The van der Waals surface area contributed by atoms with Gasteiger partial charge in [-0.2, -0.15) is 0 Å². The number of aryl methyl sites for hydroxylation is 2. The van der Waals surface area contributed by atoms with Gasteiger partial charge in [-0.15, -0.1) is 10.2 Å². The number of H-pyrrole nitrogens is 1. The molecule has 5 aromatic rings. The second-order valence-electron chi connectivity index (χ2n) is 7.23. The minimum Gasteiger partial charge on any atom is -0.497 e. The first-order chi connectivity index (χ1) is 14.6. The molecule has 6 heteroatoms. The maximum atomic E-state index is 5.91. The van der Waals surface area contributed by atoms with Gasteiger partial charge in [0, 0.05) is 16.7 Å². The van der Waals surface area contributed by atoms with Gasteiger partial charge in [-0.05, 0) is 67.4 Å². The van der Waals surface area contributed by atoms with Crippen LogP contribution in [0, 0.1) is 13.8 Å². The van der Waals surface area contributed by atoms with Gasteiger partial charge in [-0.25, -0.2) is 4.98 Å². The van der Waals surface area contributed by atoms with E-state index in [-0.39, 0.29) is 0 Å². The Bertz CT molecular complexity index is 1330. The van der Waals surface area contributed by atoms with Crippen molar-refractivity contribution < 1.29 is 9.15 Å². The third-order valence-electron chi connectivity index (χ3n) is 5.21. The quantitative estimate of drug-likeness (QED) is 0.430. The number of hydrogen-bond acceptors (Lipinski definition) is 5. The SMILES string of the molecule is COc1ccc(-c2nnc(-c3ccc4nc(-c5c(C)cccc5C)[nH]c4c3)o2)cc1. The third-order valence-corrected chi connectivity index (χ3v) is 5.21. The highest BCUT2D eigenvalue weighted by atomic mass is 16.5. The summed E-state index contributed by atoms with van der Waals surface area (Å²) in [6, 6.07) is 19.7. The van der Waals surface area contributed by atoms with E-state index in [0.717, 1.165) is 39.3 Å². The van der Waals surface area contributed by atoms with E-state index in [1.165, 1.54) is 11.1 Å². The molecule has 0 amide bonds. The van der Waals surface area contributed by atoms with Gasteiger partial charge in [0.05, 0.1) is 18.1 Å². The van der Waals surface area contributed by atoms with Crippen LogP contribution in [0.25, 0.3) is 45.3 Å². The lowest BCUT2D eigenvalue weighted by molar-refractivity contribution is 0.415. The summed E-state index contributed by atoms with van der Waals surface area (Å²) in [6.07, 6.45) is 0. The molecule has 0 saturated carbocycles. The van der Waals surface area contributed by atoms with Crippen LogP contribution in [0.3, 0.4) is 0 Å². The third kappa shape index (κ3) is 3.12. The van der Waals surface area contributed by atoms with Gasteiger partial charge >= 0.3 is 0 Å². The van der Waals surface area contributed by atoms with Gasteiger partial charge in [-0.1, -0.05) is 18.2 Å². The van der Waals surface area contributed by atoms with Crippen LogP contribution >= 0.6 is 0 Å². The van der Waals surface area contributed by atoms with Gasteiger partial charge in [0.1, 0.15) is 11.6 Å². The number of benzene rings is 3. The number of aromatic amines is 1. The zero-order valence-corrected chi connectivity index (χ0v) is 16.9. The summed E-state index contributed by atoms with van der Waals surface area (Å²) in [6.45, 7) is 4.19. The number of nitrogens with one attached hydrogen (secondary N) is 1. The summed E-state index contributed by atoms with van der Waals surface area (Å²) < 4.78 is 11.1. The van der Waals surface area contributed by atoms with E-state index >= 15 is 0 Å². The monoisotopic (exact) mass is 396 g/mol. The molecule has 0 bridgehead atoms. The number of rotatable bonds is 4. The molecule has 5 rings (SSSR count). The molecule has 0 atom stereocenters. The topological polar surface area (TPSA) is 76.8 Å². The highest BCUT2D eigenvalue weighted by molar-refractivity contribution is 5.84. The molecule has 2 aromatic heterocycles. The normalized spacial score (nSPS) is 11.2. The Balaban J connectivity index is 1.50. The molecule has 0 aliphatic heterocycles. The lowest BCUT2D eigenvalue weighted by atomic mass is 10.0. The highest BCUT2D eigenvalue weighted by Crippen LogP contribution is 2.30. The van der Waals surface area contributed by atoms with Crippen molar-refractivity contribution in [2.75, 3.05) is 7.11 Å². The molecular formula is C24H20N4O2. The van der Waals surface area contributed by atoms with E-state index < -0.39 is 0 Å². The number of methoxy groups -OCH3 is 1. The van der Waals surface area contributed by atoms with Crippen LogP contribution in [-0.4, -0.2) is 27.3 Å². The van der Waals surface area contributed by atoms with Crippen LogP contribution in [0.15, 0.2) is 65.1 Å². The molecule has 148 valence electrons. The van der Waals surface area contributed by atoms with Crippen molar-refractivity contribution in [1.29, 1.82) is 0 Å². The number of imidazole rings is 1. The summed E-state index contributed by atoms with van der Waals surface area (Å²) in [5, 5.41) is 8.41. The average molecular weight is 396 g/mol. The summed E-state index contributed by atoms with van der Waals surface area (Å²) >= 11 is 0. The second-order valence-corrected chi connectivity index (χ2v) is 7.23. The number of ether oxygens (including phenoxy) is 1. The van der Waals surface area contributed by atoms with Gasteiger partial charge in [-0.3, -0.25) is 0 Å². The second kappa shape index (κ2) is 7.15. The Morgan fingerprint density at radius 1 is 0.833 bits per heavy atom. The fourth-order valence-corrected chi connectivity index (χ4v) is 3.64. The van der Waals surface area contributed by atoms with Crippen molar-refractivity contribution in [1.82, 2.24) is 20.2 Å². The lowest BCUT2D eigenvalue weighted by Crippen LogP contribution is -1.89. The van der Waals surface area contributed by atoms with E-state index in [1.54, 1.807) is 7.11 Å². The molecular weight excluding hydrogens is 376 g/mol. The zero-order chi connectivity index (χ0) is 20.7. The van der Waals surface area contributed by atoms with Crippen molar-refractivity contribution in [3.63, 3.8) is 0 Å². The van der Waals surface area contributed by atoms with E-state index in [4.69, 9.17) is 14.1 Å². The molecule has 0 fully saturated rings. The Kier molecular flexibility index (Phi) is 4.32. The minimum atomic E-state index is 0.464. The maximum absolute atomic E-state index is 5.91. The van der Waals surface area contributed by atoms with Crippen LogP contribution < -0.4 is 4.74 Å². The van der Waals surface area contributed by atoms with Crippen molar-refractivity contribution in [3.05, 3.63) is 71.8 Å². The highest BCUT2D eigenvalue weighted by Gasteiger charge is 2.14. The smallest absolute Gasteiger partial charge is 0.248 e. The van der Waals surface area contributed by atoms with Crippen LogP contribution in [0.2, 0.25) is 0 Å². The zero-order valence-electron chi connectivity index (χ0n) is 16.9. The Hall–Kier alpha value is -3.93. The maximum Gasteiger partial charge on any atom is 0.248 e. The first-order valence-corrected chi connectivity index (χ1v) is 9.67. The molecule has 0 radical (unpaired) electrons. The number of nitrogens with zero attached hydrogens (tertiary/aromatic N) is 3. The molecule has 6 nitrogen and oxygen atoms in total. The van der Waals surface area contributed by atoms with E-state index in [0.29, 0.717) is 11.8 Å². The molecule has 0 spiro atoms. The van der Waals surface area contributed by atoms with Gasteiger partial charge < -0.3 is 14.1 Å².